The second-order valence-electron chi connectivity index (χ2n) is 5.43. The first kappa shape index (κ1) is 11.7. The van der Waals surface area contributed by atoms with Gasteiger partial charge >= 0.3 is 0 Å². The Morgan fingerprint density at radius 3 is 2.87 bits per heavy atom. The Morgan fingerprint density at radius 2 is 2.27 bits per heavy atom. The molecule has 2 rings (SSSR count). The molecule has 86 valence electrons. The van der Waals surface area contributed by atoms with Crippen LogP contribution < -0.4 is 0 Å². The molecule has 1 nitrogen and oxygen atoms in total. The van der Waals surface area contributed by atoms with Crippen LogP contribution in [0.15, 0.2) is 10.6 Å². The fourth-order valence-corrected chi connectivity index (χ4v) is 4.41. The molecular formula is C13H21BrO. The lowest BCUT2D eigenvalue weighted by Gasteiger charge is -2.46. The molecule has 0 aromatic heterocycles. The van der Waals surface area contributed by atoms with Gasteiger partial charge in [0.15, 0.2) is 0 Å². The van der Waals surface area contributed by atoms with E-state index in [4.69, 9.17) is 0 Å². The average Bonchev–Trinajstić information content (AvgIpc) is 2.52. The summed E-state index contributed by atoms with van der Waals surface area (Å²) < 4.78 is 0. The Kier molecular flexibility index (Phi) is 3.02. The molecule has 0 heterocycles. The molecule has 0 saturated heterocycles. The van der Waals surface area contributed by atoms with Crippen LogP contribution in [-0.4, -0.2) is 10.7 Å². The molecule has 2 aliphatic carbocycles. The maximum absolute atomic E-state index is 10.7. The lowest BCUT2D eigenvalue weighted by atomic mass is 9.61. The zero-order valence-corrected chi connectivity index (χ0v) is 11.3. The molecule has 1 unspecified atom stereocenters. The molecule has 0 aromatic rings. The standard InChI is InChI=1S/C13H21BrO/c1-3-13(15)8-6-11-10(9-14)5-4-7-12(11,13)2/h9,11,15H,3-8H2,1-2H3/b10-9+/t11?,12-,13+/m0/s1. The second kappa shape index (κ2) is 3.89. The quantitative estimate of drug-likeness (QED) is 0.765. The third kappa shape index (κ3) is 1.52. The molecular weight excluding hydrogens is 252 g/mol. The van der Waals surface area contributed by atoms with Gasteiger partial charge in [-0.3, -0.25) is 0 Å². The van der Waals surface area contributed by atoms with Crippen LogP contribution in [0.3, 0.4) is 0 Å². The van der Waals surface area contributed by atoms with E-state index in [-0.39, 0.29) is 5.41 Å². The number of hydrogen-bond acceptors (Lipinski definition) is 1. The summed E-state index contributed by atoms with van der Waals surface area (Å²) in [4.78, 5) is 2.11. The van der Waals surface area contributed by atoms with E-state index in [0.29, 0.717) is 5.92 Å². The van der Waals surface area contributed by atoms with Crippen LogP contribution in [0.25, 0.3) is 0 Å². The van der Waals surface area contributed by atoms with E-state index < -0.39 is 5.60 Å². The molecule has 3 atom stereocenters. The average molecular weight is 273 g/mol. The number of fused-ring (bicyclic) bond motifs is 1. The van der Waals surface area contributed by atoms with Crippen molar-refractivity contribution < 1.29 is 5.11 Å². The fraction of sp³-hybridized carbons (Fsp3) is 0.846. The maximum atomic E-state index is 10.7. The van der Waals surface area contributed by atoms with E-state index >= 15 is 0 Å². The Morgan fingerprint density at radius 1 is 1.53 bits per heavy atom. The molecule has 2 heteroatoms. The summed E-state index contributed by atoms with van der Waals surface area (Å²) in [7, 11) is 0. The number of aliphatic hydroxyl groups is 1. The van der Waals surface area contributed by atoms with Crippen molar-refractivity contribution in [3.63, 3.8) is 0 Å². The molecule has 0 amide bonds. The molecule has 2 aliphatic rings. The highest BCUT2D eigenvalue weighted by molar-refractivity contribution is 9.11. The molecule has 0 radical (unpaired) electrons. The van der Waals surface area contributed by atoms with Crippen molar-refractivity contribution in [2.45, 2.75) is 58.0 Å². The number of hydrogen-bond donors (Lipinski definition) is 1. The van der Waals surface area contributed by atoms with Crippen LogP contribution in [0.4, 0.5) is 0 Å². The van der Waals surface area contributed by atoms with Crippen molar-refractivity contribution in [3.8, 4) is 0 Å². The van der Waals surface area contributed by atoms with Crippen molar-refractivity contribution >= 4 is 15.9 Å². The fourth-order valence-electron chi connectivity index (χ4n) is 3.86. The number of halogens is 1. The van der Waals surface area contributed by atoms with Gasteiger partial charge in [-0.05, 0) is 49.4 Å². The normalized spacial score (nSPS) is 48.3. The molecule has 2 saturated carbocycles. The van der Waals surface area contributed by atoms with Crippen LogP contribution in [0.1, 0.15) is 52.4 Å². The molecule has 0 aliphatic heterocycles. The van der Waals surface area contributed by atoms with Crippen molar-refractivity contribution in [1.29, 1.82) is 0 Å². The predicted molar refractivity (Wildman–Crippen MR) is 66.9 cm³/mol. The van der Waals surface area contributed by atoms with Crippen LogP contribution >= 0.6 is 15.9 Å². The van der Waals surface area contributed by atoms with E-state index in [2.05, 4.69) is 34.8 Å². The maximum Gasteiger partial charge on any atom is 0.0704 e. The third-order valence-electron chi connectivity index (χ3n) is 5.01. The summed E-state index contributed by atoms with van der Waals surface area (Å²) in [6.07, 6.45) is 6.67. The summed E-state index contributed by atoms with van der Waals surface area (Å²) >= 11 is 3.49. The Labute approximate surface area is 101 Å². The largest absolute Gasteiger partial charge is 0.389 e. The van der Waals surface area contributed by atoms with Gasteiger partial charge in [-0.25, -0.2) is 0 Å². The van der Waals surface area contributed by atoms with E-state index in [1.807, 2.05) is 0 Å². The Balaban J connectivity index is 2.35. The first-order valence-electron chi connectivity index (χ1n) is 6.09. The van der Waals surface area contributed by atoms with Gasteiger partial charge in [0.1, 0.15) is 0 Å². The SMILES string of the molecule is CC[C@@]1(O)CCC2/C(=C/Br)CCC[C@@]21C. The van der Waals surface area contributed by atoms with Crippen molar-refractivity contribution in [3.05, 3.63) is 10.6 Å². The molecule has 0 aromatic carbocycles. The highest BCUT2D eigenvalue weighted by Gasteiger charge is 2.56. The van der Waals surface area contributed by atoms with E-state index in [0.717, 1.165) is 19.3 Å². The summed E-state index contributed by atoms with van der Waals surface area (Å²) in [5, 5.41) is 10.7. The third-order valence-corrected chi connectivity index (χ3v) is 5.60. The predicted octanol–water partition coefficient (Wildman–Crippen LogP) is 4.01. The monoisotopic (exact) mass is 272 g/mol. The van der Waals surface area contributed by atoms with E-state index in [1.165, 1.54) is 24.8 Å². The molecule has 2 fully saturated rings. The topological polar surface area (TPSA) is 20.2 Å². The van der Waals surface area contributed by atoms with Crippen LogP contribution in [0, 0.1) is 11.3 Å². The number of allylic oxidation sites excluding steroid dienone is 1. The smallest absolute Gasteiger partial charge is 0.0704 e. The van der Waals surface area contributed by atoms with Gasteiger partial charge < -0.3 is 5.11 Å². The Hall–Kier alpha value is 0.180. The lowest BCUT2D eigenvalue weighted by Crippen LogP contribution is -2.46. The van der Waals surface area contributed by atoms with Gasteiger partial charge in [-0.15, -0.1) is 0 Å². The molecule has 0 bridgehead atoms. The van der Waals surface area contributed by atoms with Gasteiger partial charge in [0.05, 0.1) is 5.60 Å². The first-order chi connectivity index (χ1) is 7.07. The summed E-state index contributed by atoms with van der Waals surface area (Å²) in [5.74, 6) is 0.607. The Bertz CT molecular complexity index is 286. The minimum Gasteiger partial charge on any atom is -0.389 e. The lowest BCUT2D eigenvalue weighted by molar-refractivity contribution is -0.0773. The number of rotatable bonds is 1. The minimum absolute atomic E-state index is 0.125. The zero-order valence-electron chi connectivity index (χ0n) is 9.72. The van der Waals surface area contributed by atoms with Crippen molar-refractivity contribution in [1.82, 2.24) is 0 Å². The highest BCUT2D eigenvalue weighted by atomic mass is 79.9. The molecule has 0 spiro atoms. The van der Waals surface area contributed by atoms with Crippen LogP contribution in [0.2, 0.25) is 0 Å². The van der Waals surface area contributed by atoms with E-state index in [9.17, 15) is 5.11 Å². The summed E-state index contributed by atoms with van der Waals surface area (Å²) in [6, 6.07) is 0. The van der Waals surface area contributed by atoms with Gasteiger partial charge in [-0.2, -0.15) is 0 Å². The van der Waals surface area contributed by atoms with Gasteiger partial charge in [0, 0.05) is 5.41 Å². The van der Waals surface area contributed by atoms with Crippen LogP contribution in [0.5, 0.6) is 0 Å². The second-order valence-corrected chi connectivity index (χ2v) is 5.89. The van der Waals surface area contributed by atoms with Gasteiger partial charge in [0.2, 0.25) is 0 Å². The van der Waals surface area contributed by atoms with Crippen LogP contribution in [-0.2, 0) is 0 Å². The van der Waals surface area contributed by atoms with Crippen molar-refractivity contribution in [2.75, 3.05) is 0 Å². The zero-order chi connectivity index (χ0) is 11.1. The van der Waals surface area contributed by atoms with Crippen molar-refractivity contribution in [2.24, 2.45) is 11.3 Å². The summed E-state index contributed by atoms with van der Waals surface area (Å²) in [6.45, 7) is 4.42. The summed E-state index contributed by atoms with van der Waals surface area (Å²) in [5.41, 5.74) is 1.23. The molecule has 1 N–H and O–H groups in total. The first-order valence-corrected chi connectivity index (χ1v) is 7.00. The van der Waals surface area contributed by atoms with E-state index in [1.54, 1.807) is 0 Å². The molecule has 15 heavy (non-hydrogen) atoms. The highest BCUT2D eigenvalue weighted by Crippen LogP contribution is 2.60. The van der Waals surface area contributed by atoms with Gasteiger partial charge in [0.25, 0.3) is 0 Å². The minimum atomic E-state index is -0.417. The van der Waals surface area contributed by atoms with Gasteiger partial charge in [-0.1, -0.05) is 35.4 Å².